The van der Waals surface area contributed by atoms with Gasteiger partial charge in [-0.2, -0.15) is 5.10 Å². The molecule has 0 radical (unpaired) electrons. The van der Waals surface area contributed by atoms with Gasteiger partial charge in [0, 0.05) is 38.6 Å². The molecule has 0 spiro atoms. The van der Waals surface area contributed by atoms with Gasteiger partial charge in [-0.1, -0.05) is 6.92 Å². The number of piperidine rings is 1. The number of nitrogens with two attached hydrogens (primary N) is 1. The van der Waals surface area contributed by atoms with Gasteiger partial charge in [0.2, 0.25) is 11.8 Å². The van der Waals surface area contributed by atoms with Gasteiger partial charge in [0.25, 0.3) is 0 Å². The molecule has 0 saturated carbocycles. The van der Waals surface area contributed by atoms with Crippen LogP contribution in [-0.2, 0) is 9.59 Å². The molecule has 2 heterocycles. The number of carbonyl (C=O) groups is 2. The fourth-order valence-electron chi connectivity index (χ4n) is 3.12. The van der Waals surface area contributed by atoms with Crippen LogP contribution in [0.4, 0.5) is 0 Å². The molecule has 1 aromatic rings. The Labute approximate surface area is 161 Å². The largest absolute Gasteiger partial charge is 0.337 e. The molecule has 0 aliphatic carbocycles. The first kappa shape index (κ1) is 23.7. The summed E-state index contributed by atoms with van der Waals surface area (Å²) in [6.45, 7) is 5.23. The molecule has 1 saturated heterocycles. The lowest BCUT2D eigenvalue weighted by Crippen LogP contribution is -2.52. The third kappa shape index (κ3) is 5.87. The standard InChI is InChI=1S/C16H27N5O2.2ClH/c1-12-5-8-20(14(9-12)10-17)15(22)11-19(3)16(23)13(2)21-7-4-6-18-21;;/h4,6-7,12-14H,5,8-11,17H2,1-3H3;2*1H. The van der Waals surface area contributed by atoms with Crippen molar-refractivity contribution in [3.63, 3.8) is 0 Å². The zero-order valence-electron chi connectivity index (χ0n) is 15.0. The van der Waals surface area contributed by atoms with Crippen molar-refractivity contribution < 1.29 is 9.59 Å². The minimum atomic E-state index is -0.422. The molecule has 7 nitrogen and oxygen atoms in total. The summed E-state index contributed by atoms with van der Waals surface area (Å²) in [5.41, 5.74) is 5.81. The molecule has 3 unspecified atom stereocenters. The fourth-order valence-corrected chi connectivity index (χ4v) is 3.12. The van der Waals surface area contributed by atoms with Crippen LogP contribution >= 0.6 is 24.8 Å². The molecule has 144 valence electrons. The summed E-state index contributed by atoms with van der Waals surface area (Å²) in [4.78, 5) is 28.3. The van der Waals surface area contributed by atoms with E-state index in [0.717, 1.165) is 19.4 Å². The first-order chi connectivity index (χ1) is 10.9. The van der Waals surface area contributed by atoms with Crippen molar-refractivity contribution in [2.75, 3.05) is 26.7 Å². The third-order valence-corrected chi connectivity index (χ3v) is 4.60. The minimum Gasteiger partial charge on any atom is -0.337 e. The molecule has 0 bridgehead atoms. The van der Waals surface area contributed by atoms with E-state index in [1.54, 1.807) is 37.1 Å². The molecule has 9 heteroatoms. The highest BCUT2D eigenvalue weighted by atomic mass is 35.5. The molecule has 1 aliphatic rings. The SMILES string of the molecule is CC1CCN(C(=O)CN(C)C(=O)C(C)n2cccn2)C(CN)C1.Cl.Cl. The molecule has 1 aliphatic heterocycles. The van der Waals surface area contributed by atoms with Gasteiger partial charge in [-0.25, -0.2) is 0 Å². The van der Waals surface area contributed by atoms with Crippen molar-refractivity contribution in [3.05, 3.63) is 18.5 Å². The predicted octanol–water partition coefficient (Wildman–Crippen LogP) is 1.33. The second-order valence-electron chi connectivity index (χ2n) is 6.46. The summed E-state index contributed by atoms with van der Waals surface area (Å²) in [6, 6.07) is 1.43. The van der Waals surface area contributed by atoms with Gasteiger partial charge < -0.3 is 15.5 Å². The van der Waals surface area contributed by atoms with Crippen molar-refractivity contribution in [3.8, 4) is 0 Å². The summed E-state index contributed by atoms with van der Waals surface area (Å²) in [5.74, 6) is 0.430. The predicted molar refractivity (Wildman–Crippen MR) is 102 cm³/mol. The number of likely N-dealkylation sites (tertiary alicyclic amines) is 1. The molecule has 2 amide bonds. The van der Waals surface area contributed by atoms with E-state index >= 15 is 0 Å². The Morgan fingerprint density at radius 1 is 1.40 bits per heavy atom. The normalized spacial score (nSPS) is 20.9. The number of nitrogens with zero attached hydrogens (tertiary/aromatic N) is 4. The molecular weight excluding hydrogens is 365 g/mol. The van der Waals surface area contributed by atoms with Crippen LogP contribution in [0.25, 0.3) is 0 Å². The van der Waals surface area contributed by atoms with E-state index in [4.69, 9.17) is 5.73 Å². The maximum Gasteiger partial charge on any atom is 0.247 e. The number of likely N-dealkylation sites (N-methyl/N-ethyl adjacent to an activating group) is 1. The average molecular weight is 394 g/mol. The summed E-state index contributed by atoms with van der Waals surface area (Å²) in [7, 11) is 1.66. The van der Waals surface area contributed by atoms with Crippen LogP contribution in [0.2, 0.25) is 0 Å². The lowest BCUT2D eigenvalue weighted by molar-refractivity contribution is -0.143. The molecule has 25 heavy (non-hydrogen) atoms. The maximum atomic E-state index is 12.6. The lowest BCUT2D eigenvalue weighted by atomic mass is 9.92. The highest BCUT2D eigenvalue weighted by Gasteiger charge is 2.30. The highest BCUT2D eigenvalue weighted by Crippen LogP contribution is 2.22. The summed E-state index contributed by atoms with van der Waals surface area (Å²) < 4.78 is 1.59. The highest BCUT2D eigenvalue weighted by molar-refractivity contribution is 5.86. The Morgan fingerprint density at radius 2 is 2.08 bits per heavy atom. The summed E-state index contributed by atoms with van der Waals surface area (Å²) >= 11 is 0. The van der Waals surface area contributed by atoms with Crippen LogP contribution in [0.3, 0.4) is 0 Å². The van der Waals surface area contributed by atoms with Crippen molar-refractivity contribution in [1.82, 2.24) is 19.6 Å². The Morgan fingerprint density at radius 3 is 2.64 bits per heavy atom. The van der Waals surface area contributed by atoms with Crippen LogP contribution in [-0.4, -0.2) is 64.1 Å². The zero-order valence-corrected chi connectivity index (χ0v) is 16.6. The Bertz CT molecular complexity index is 541. The Kier molecular flexibility index (Phi) is 10.1. The van der Waals surface area contributed by atoms with Gasteiger partial charge in [0.15, 0.2) is 0 Å². The van der Waals surface area contributed by atoms with Crippen LogP contribution in [0.15, 0.2) is 18.5 Å². The quantitative estimate of drug-likeness (QED) is 0.817. The van der Waals surface area contributed by atoms with Crippen molar-refractivity contribution in [1.29, 1.82) is 0 Å². The second-order valence-corrected chi connectivity index (χ2v) is 6.46. The van der Waals surface area contributed by atoms with E-state index in [1.807, 2.05) is 4.90 Å². The second kappa shape index (κ2) is 10.6. The van der Waals surface area contributed by atoms with Gasteiger partial charge >= 0.3 is 0 Å². The van der Waals surface area contributed by atoms with Crippen LogP contribution in [0.1, 0.15) is 32.7 Å². The average Bonchev–Trinajstić information content (AvgIpc) is 3.07. The number of amides is 2. The topological polar surface area (TPSA) is 84.5 Å². The van der Waals surface area contributed by atoms with Gasteiger partial charge in [0.05, 0.1) is 6.54 Å². The third-order valence-electron chi connectivity index (χ3n) is 4.60. The van der Waals surface area contributed by atoms with Crippen LogP contribution in [0, 0.1) is 5.92 Å². The van der Waals surface area contributed by atoms with Crippen molar-refractivity contribution >= 4 is 36.6 Å². The number of rotatable bonds is 5. The van der Waals surface area contributed by atoms with E-state index in [9.17, 15) is 9.59 Å². The Balaban J connectivity index is 0.00000288. The molecule has 2 N–H and O–H groups in total. The Hall–Kier alpha value is -1.31. The maximum absolute atomic E-state index is 12.6. The van der Waals surface area contributed by atoms with E-state index in [1.165, 1.54) is 4.90 Å². The zero-order chi connectivity index (χ0) is 17.0. The summed E-state index contributed by atoms with van der Waals surface area (Å²) in [6.07, 6.45) is 5.30. The first-order valence-electron chi connectivity index (χ1n) is 8.17. The van der Waals surface area contributed by atoms with Crippen molar-refractivity contribution in [2.45, 2.75) is 38.8 Å². The molecule has 0 aromatic carbocycles. The van der Waals surface area contributed by atoms with E-state index in [0.29, 0.717) is 12.5 Å². The molecule has 3 atom stereocenters. The molecule has 2 rings (SSSR count). The first-order valence-corrected chi connectivity index (χ1v) is 8.17. The van der Waals surface area contributed by atoms with E-state index in [2.05, 4.69) is 12.0 Å². The lowest BCUT2D eigenvalue weighted by Gasteiger charge is -2.38. The van der Waals surface area contributed by atoms with Gasteiger partial charge in [0.1, 0.15) is 6.04 Å². The van der Waals surface area contributed by atoms with Crippen LogP contribution < -0.4 is 5.73 Å². The van der Waals surface area contributed by atoms with Gasteiger partial charge in [-0.05, 0) is 31.7 Å². The van der Waals surface area contributed by atoms with Gasteiger partial charge in [-0.15, -0.1) is 24.8 Å². The number of carbonyl (C=O) groups excluding carboxylic acids is 2. The van der Waals surface area contributed by atoms with Crippen molar-refractivity contribution in [2.24, 2.45) is 11.7 Å². The number of hydrogen-bond acceptors (Lipinski definition) is 4. The molecular formula is C16H29Cl2N5O2. The van der Waals surface area contributed by atoms with E-state index in [-0.39, 0.29) is 49.2 Å². The molecule has 1 aromatic heterocycles. The minimum absolute atomic E-state index is 0. The number of hydrogen-bond donors (Lipinski definition) is 1. The van der Waals surface area contributed by atoms with Gasteiger partial charge in [-0.3, -0.25) is 14.3 Å². The number of aromatic nitrogens is 2. The van der Waals surface area contributed by atoms with E-state index < -0.39 is 6.04 Å². The smallest absolute Gasteiger partial charge is 0.247 e. The van der Waals surface area contributed by atoms with Crippen LogP contribution in [0.5, 0.6) is 0 Å². The molecule has 1 fully saturated rings. The fraction of sp³-hybridized carbons (Fsp3) is 0.688. The number of halogens is 2. The monoisotopic (exact) mass is 393 g/mol. The summed E-state index contributed by atoms with van der Waals surface area (Å²) in [5, 5.41) is 4.08.